The molecule has 0 radical (unpaired) electrons. The van der Waals surface area contributed by atoms with Gasteiger partial charge in [-0.25, -0.2) is 0 Å². The maximum Gasteiger partial charge on any atom is 0.0469 e. The van der Waals surface area contributed by atoms with Gasteiger partial charge < -0.3 is 15.0 Å². The predicted molar refractivity (Wildman–Crippen MR) is 73.7 cm³/mol. The molecule has 0 unspecified atom stereocenters. The van der Waals surface area contributed by atoms with Crippen LogP contribution in [0.25, 0.3) is 0 Å². The first kappa shape index (κ1) is 12.9. The number of hydrogen-bond acceptors (Lipinski definition) is 3. The zero-order chi connectivity index (χ0) is 12.2. The highest BCUT2D eigenvalue weighted by atomic mass is 16.5. The van der Waals surface area contributed by atoms with Gasteiger partial charge >= 0.3 is 0 Å². The highest BCUT2D eigenvalue weighted by Gasteiger charge is 2.25. The molecule has 3 fully saturated rings. The van der Waals surface area contributed by atoms with Crippen LogP contribution in [0.15, 0.2) is 0 Å². The molecule has 104 valence electrons. The minimum Gasteiger partial charge on any atom is -0.381 e. The Morgan fingerprint density at radius 2 is 1.61 bits per heavy atom. The van der Waals surface area contributed by atoms with E-state index in [1.807, 2.05) is 0 Å². The standard InChI is InChI=1S/C15H28N2O/c1-2-13(1)11-16-15-3-7-17(8-4-15)12-14-5-9-18-10-6-14/h13-16H,1-12H2. The maximum atomic E-state index is 5.44. The Labute approximate surface area is 111 Å². The summed E-state index contributed by atoms with van der Waals surface area (Å²) < 4.78 is 5.44. The van der Waals surface area contributed by atoms with Crippen molar-refractivity contribution in [3.8, 4) is 0 Å². The van der Waals surface area contributed by atoms with Crippen molar-refractivity contribution in [1.29, 1.82) is 0 Å². The van der Waals surface area contributed by atoms with E-state index in [2.05, 4.69) is 10.2 Å². The van der Waals surface area contributed by atoms with Crippen LogP contribution >= 0.6 is 0 Å². The van der Waals surface area contributed by atoms with E-state index in [0.29, 0.717) is 0 Å². The van der Waals surface area contributed by atoms with Crippen molar-refractivity contribution in [1.82, 2.24) is 10.2 Å². The van der Waals surface area contributed by atoms with Crippen LogP contribution in [0.4, 0.5) is 0 Å². The monoisotopic (exact) mass is 252 g/mol. The lowest BCUT2D eigenvalue weighted by atomic mass is 9.97. The summed E-state index contributed by atoms with van der Waals surface area (Å²) in [6.45, 7) is 7.19. The van der Waals surface area contributed by atoms with Gasteiger partial charge in [-0.15, -0.1) is 0 Å². The first-order valence-corrected chi connectivity index (χ1v) is 7.93. The fourth-order valence-electron chi connectivity index (χ4n) is 3.27. The van der Waals surface area contributed by atoms with Gasteiger partial charge in [-0.05, 0) is 70.0 Å². The summed E-state index contributed by atoms with van der Waals surface area (Å²) in [7, 11) is 0. The van der Waals surface area contributed by atoms with Crippen LogP contribution in [-0.2, 0) is 4.74 Å². The lowest BCUT2D eigenvalue weighted by Crippen LogP contribution is -2.45. The van der Waals surface area contributed by atoms with Crippen molar-refractivity contribution in [3.05, 3.63) is 0 Å². The first-order chi connectivity index (χ1) is 8.90. The number of hydrogen-bond donors (Lipinski definition) is 1. The average molecular weight is 252 g/mol. The molecule has 1 aliphatic carbocycles. The van der Waals surface area contributed by atoms with Gasteiger partial charge in [0.25, 0.3) is 0 Å². The maximum absolute atomic E-state index is 5.44. The summed E-state index contributed by atoms with van der Waals surface area (Å²) in [5, 5.41) is 3.76. The van der Waals surface area contributed by atoms with Crippen LogP contribution in [0, 0.1) is 11.8 Å². The summed E-state index contributed by atoms with van der Waals surface area (Å²) >= 11 is 0. The third-order valence-corrected chi connectivity index (χ3v) is 4.84. The molecule has 0 aromatic heterocycles. The van der Waals surface area contributed by atoms with Crippen LogP contribution in [0.3, 0.4) is 0 Å². The minimum absolute atomic E-state index is 0.802. The second-order valence-corrected chi connectivity index (χ2v) is 6.48. The van der Waals surface area contributed by atoms with Gasteiger partial charge in [-0.1, -0.05) is 0 Å². The second-order valence-electron chi connectivity index (χ2n) is 6.48. The summed E-state index contributed by atoms with van der Waals surface area (Å²) in [6, 6.07) is 0.802. The molecule has 2 aliphatic heterocycles. The SMILES string of the molecule is C1CC(CN2CCC(NCC3CC3)CC2)CCO1. The fourth-order valence-corrected chi connectivity index (χ4v) is 3.27. The third kappa shape index (κ3) is 3.94. The second kappa shape index (κ2) is 6.36. The Kier molecular flexibility index (Phi) is 4.55. The normalized spacial score (nSPS) is 28.7. The molecule has 3 nitrogen and oxygen atoms in total. The molecule has 3 aliphatic rings. The van der Waals surface area contributed by atoms with Crippen LogP contribution < -0.4 is 5.32 Å². The molecule has 1 N–H and O–H groups in total. The van der Waals surface area contributed by atoms with Crippen molar-refractivity contribution in [2.45, 2.75) is 44.6 Å². The number of rotatable bonds is 5. The van der Waals surface area contributed by atoms with Crippen LogP contribution in [0.5, 0.6) is 0 Å². The van der Waals surface area contributed by atoms with Gasteiger partial charge in [0.05, 0.1) is 0 Å². The Balaban J connectivity index is 1.31. The van der Waals surface area contributed by atoms with E-state index >= 15 is 0 Å². The van der Waals surface area contributed by atoms with Crippen molar-refractivity contribution in [3.63, 3.8) is 0 Å². The van der Waals surface area contributed by atoms with Crippen LogP contribution in [-0.4, -0.2) is 50.3 Å². The van der Waals surface area contributed by atoms with Gasteiger partial charge in [-0.2, -0.15) is 0 Å². The molecular weight excluding hydrogens is 224 g/mol. The smallest absolute Gasteiger partial charge is 0.0469 e. The van der Waals surface area contributed by atoms with E-state index in [4.69, 9.17) is 4.74 Å². The van der Waals surface area contributed by atoms with Crippen LogP contribution in [0.1, 0.15) is 38.5 Å². The van der Waals surface area contributed by atoms with Crippen molar-refractivity contribution in [2.24, 2.45) is 11.8 Å². The minimum atomic E-state index is 0.802. The lowest BCUT2D eigenvalue weighted by molar-refractivity contribution is 0.0481. The summed E-state index contributed by atoms with van der Waals surface area (Å²) in [6.07, 6.45) is 8.21. The van der Waals surface area contributed by atoms with Gasteiger partial charge in [0, 0.05) is 25.8 Å². The van der Waals surface area contributed by atoms with Gasteiger partial charge in [0.15, 0.2) is 0 Å². The Morgan fingerprint density at radius 1 is 0.889 bits per heavy atom. The Hall–Kier alpha value is -0.120. The fraction of sp³-hybridized carbons (Fsp3) is 1.00. The lowest BCUT2D eigenvalue weighted by Gasteiger charge is -2.35. The quantitative estimate of drug-likeness (QED) is 0.808. The zero-order valence-electron chi connectivity index (χ0n) is 11.6. The molecule has 18 heavy (non-hydrogen) atoms. The molecule has 0 aromatic carbocycles. The Bertz CT molecular complexity index is 241. The summed E-state index contributed by atoms with van der Waals surface area (Å²) in [5.41, 5.74) is 0. The van der Waals surface area contributed by atoms with E-state index in [9.17, 15) is 0 Å². The third-order valence-electron chi connectivity index (χ3n) is 4.84. The molecule has 1 saturated carbocycles. The molecule has 2 saturated heterocycles. The molecular formula is C15H28N2O. The molecule has 0 bridgehead atoms. The topological polar surface area (TPSA) is 24.5 Å². The first-order valence-electron chi connectivity index (χ1n) is 7.93. The summed E-state index contributed by atoms with van der Waals surface area (Å²) in [4.78, 5) is 2.69. The molecule has 0 aromatic rings. The predicted octanol–water partition coefficient (Wildman–Crippen LogP) is 1.88. The molecule has 0 amide bonds. The molecule has 3 rings (SSSR count). The van der Waals surface area contributed by atoms with Crippen LogP contribution in [0.2, 0.25) is 0 Å². The number of nitrogens with zero attached hydrogens (tertiary/aromatic N) is 1. The molecule has 3 heteroatoms. The van der Waals surface area contributed by atoms with E-state index in [-0.39, 0.29) is 0 Å². The summed E-state index contributed by atoms with van der Waals surface area (Å²) in [5.74, 6) is 1.92. The number of ether oxygens (including phenoxy) is 1. The largest absolute Gasteiger partial charge is 0.381 e. The van der Waals surface area contributed by atoms with Crippen molar-refractivity contribution in [2.75, 3.05) is 39.4 Å². The van der Waals surface area contributed by atoms with Gasteiger partial charge in [-0.3, -0.25) is 0 Å². The molecule has 2 heterocycles. The number of likely N-dealkylation sites (tertiary alicyclic amines) is 1. The van der Waals surface area contributed by atoms with E-state index in [0.717, 1.165) is 31.1 Å². The average Bonchev–Trinajstić information content (AvgIpc) is 3.23. The van der Waals surface area contributed by atoms with E-state index in [1.165, 1.54) is 64.7 Å². The highest BCUT2D eigenvalue weighted by molar-refractivity contribution is 4.82. The molecule has 0 spiro atoms. The van der Waals surface area contributed by atoms with E-state index < -0.39 is 0 Å². The highest BCUT2D eigenvalue weighted by Crippen LogP contribution is 2.28. The van der Waals surface area contributed by atoms with Crippen molar-refractivity contribution >= 4 is 0 Å². The van der Waals surface area contributed by atoms with Gasteiger partial charge in [0.1, 0.15) is 0 Å². The van der Waals surface area contributed by atoms with Gasteiger partial charge in [0.2, 0.25) is 0 Å². The van der Waals surface area contributed by atoms with E-state index in [1.54, 1.807) is 0 Å². The number of nitrogens with one attached hydrogen (secondary N) is 1. The number of piperidine rings is 1. The zero-order valence-corrected chi connectivity index (χ0v) is 11.6. The molecule has 0 atom stereocenters. The Morgan fingerprint density at radius 3 is 2.28 bits per heavy atom. The van der Waals surface area contributed by atoms with Crippen molar-refractivity contribution < 1.29 is 4.74 Å².